The normalized spacial score (nSPS) is 22.6. The van der Waals surface area contributed by atoms with Gasteiger partial charge in [-0.3, -0.25) is 0 Å². The maximum absolute atomic E-state index is 9.51. The summed E-state index contributed by atoms with van der Waals surface area (Å²) in [5.41, 5.74) is 1.39. The smallest absolute Gasteiger partial charge is 0.145 e. The zero-order chi connectivity index (χ0) is 10.6. The number of oxime groups is 1. The monoisotopic (exact) mass is 199 g/mol. The maximum atomic E-state index is 9.51. The van der Waals surface area contributed by atoms with E-state index in [1.807, 2.05) is 6.92 Å². The third-order valence-corrected chi connectivity index (χ3v) is 2.33. The molecule has 1 aliphatic rings. The predicted octanol–water partition coefficient (Wildman–Crippen LogP) is 1.67. The topological polar surface area (TPSA) is 62.0 Å². The molecule has 0 radical (unpaired) electrons. The molecule has 4 nitrogen and oxygen atoms in total. The van der Waals surface area contributed by atoms with Crippen LogP contribution in [0.5, 0.6) is 0 Å². The highest BCUT2D eigenvalue weighted by Crippen LogP contribution is 2.26. The van der Waals surface area contributed by atoms with Gasteiger partial charge in [0.15, 0.2) is 0 Å². The van der Waals surface area contributed by atoms with Crippen molar-refractivity contribution in [2.24, 2.45) is 5.16 Å². The molecule has 0 aromatic carbocycles. The highest BCUT2D eigenvalue weighted by molar-refractivity contribution is 5.99. The Kier molecular flexibility index (Phi) is 3.95. The van der Waals surface area contributed by atoms with E-state index in [9.17, 15) is 5.11 Å². The number of hydrogen-bond donors (Lipinski definition) is 2. The van der Waals surface area contributed by atoms with Gasteiger partial charge in [-0.25, -0.2) is 0 Å². The van der Waals surface area contributed by atoms with Gasteiger partial charge in [0.2, 0.25) is 0 Å². The second-order valence-corrected chi connectivity index (χ2v) is 3.36. The highest BCUT2D eigenvalue weighted by Gasteiger charge is 2.23. The van der Waals surface area contributed by atoms with E-state index in [-0.39, 0.29) is 0 Å². The van der Waals surface area contributed by atoms with E-state index in [4.69, 9.17) is 9.94 Å². The lowest BCUT2D eigenvalue weighted by Gasteiger charge is -2.22. The highest BCUT2D eigenvalue weighted by atomic mass is 16.5. The fraction of sp³-hybridized carbons (Fsp3) is 0.700. The Hall–Kier alpha value is -1.03. The average molecular weight is 199 g/mol. The Morgan fingerprint density at radius 2 is 2.21 bits per heavy atom. The molecule has 2 N–H and O–H groups in total. The van der Waals surface area contributed by atoms with E-state index >= 15 is 0 Å². The minimum absolute atomic E-state index is 0.518. The SMILES string of the molecule is CCOC1=C(C(C)O)CCCC1=NO. The summed E-state index contributed by atoms with van der Waals surface area (Å²) in [6.07, 6.45) is 1.89. The number of rotatable bonds is 3. The van der Waals surface area contributed by atoms with Crippen LogP contribution in [-0.2, 0) is 4.74 Å². The largest absolute Gasteiger partial charge is 0.492 e. The lowest BCUT2D eigenvalue weighted by atomic mass is 9.93. The van der Waals surface area contributed by atoms with Crippen LogP contribution in [0.2, 0.25) is 0 Å². The predicted molar refractivity (Wildman–Crippen MR) is 53.4 cm³/mol. The number of hydrogen-bond acceptors (Lipinski definition) is 4. The summed E-state index contributed by atoms with van der Waals surface area (Å²) in [6, 6.07) is 0. The van der Waals surface area contributed by atoms with Crippen LogP contribution in [0.15, 0.2) is 16.5 Å². The zero-order valence-corrected chi connectivity index (χ0v) is 8.66. The van der Waals surface area contributed by atoms with Gasteiger partial charge in [-0.2, -0.15) is 0 Å². The van der Waals surface area contributed by atoms with Gasteiger partial charge in [0.25, 0.3) is 0 Å². The van der Waals surface area contributed by atoms with E-state index in [2.05, 4.69) is 5.16 Å². The number of aliphatic hydroxyl groups excluding tert-OH is 1. The summed E-state index contributed by atoms with van der Waals surface area (Å²) in [5, 5.41) is 21.5. The van der Waals surface area contributed by atoms with Crippen molar-refractivity contribution in [3.63, 3.8) is 0 Å². The molecule has 0 amide bonds. The first-order valence-corrected chi connectivity index (χ1v) is 4.95. The third kappa shape index (κ3) is 2.26. The number of allylic oxidation sites excluding steroid dienone is 1. The molecule has 0 aliphatic heterocycles. The van der Waals surface area contributed by atoms with Crippen LogP contribution in [0.3, 0.4) is 0 Å². The first kappa shape index (κ1) is 11.0. The van der Waals surface area contributed by atoms with Crippen molar-refractivity contribution in [2.75, 3.05) is 6.61 Å². The molecular formula is C10H17NO3. The summed E-state index contributed by atoms with van der Waals surface area (Å²) in [5.74, 6) is 0.580. The molecule has 0 aromatic rings. The standard InChI is InChI=1S/C10H17NO3/c1-3-14-10-8(7(2)12)5-4-6-9(10)11-13/h7,12-13H,3-6H2,1-2H3. The van der Waals surface area contributed by atoms with E-state index in [0.717, 1.165) is 18.4 Å². The molecule has 0 aromatic heterocycles. The van der Waals surface area contributed by atoms with Gasteiger partial charge in [0, 0.05) is 5.57 Å². The van der Waals surface area contributed by atoms with Crippen LogP contribution in [0, 0.1) is 0 Å². The van der Waals surface area contributed by atoms with E-state index < -0.39 is 6.10 Å². The van der Waals surface area contributed by atoms with Crippen LogP contribution in [0.4, 0.5) is 0 Å². The first-order chi connectivity index (χ1) is 6.70. The number of nitrogens with zero attached hydrogens (tertiary/aromatic N) is 1. The Labute approximate surface area is 83.9 Å². The summed E-state index contributed by atoms with van der Waals surface area (Å²) >= 11 is 0. The van der Waals surface area contributed by atoms with Crippen molar-refractivity contribution in [1.82, 2.24) is 0 Å². The second kappa shape index (κ2) is 5.00. The lowest BCUT2D eigenvalue weighted by Crippen LogP contribution is -2.20. The third-order valence-electron chi connectivity index (χ3n) is 2.33. The summed E-state index contributed by atoms with van der Waals surface area (Å²) in [7, 11) is 0. The van der Waals surface area contributed by atoms with Gasteiger partial charge in [-0.05, 0) is 33.1 Å². The molecule has 0 spiro atoms. The summed E-state index contributed by atoms with van der Waals surface area (Å²) < 4.78 is 5.39. The molecule has 1 aliphatic carbocycles. The molecule has 80 valence electrons. The Morgan fingerprint density at radius 3 is 2.71 bits per heavy atom. The van der Waals surface area contributed by atoms with Crippen molar-refractivity contribution in [3.8, 4) is 0 Å². The minimum atomic E-state index is -0.534. The molecule has 0 saturated heterocycles. The average Bonchev–Trinajstić information content (AvgIpc) is 2.18. The van der Waals surface area contributed by atoms with Gasteiger partial charge >= 0.3 is 0 Å². The van der Waals surface area contributed by atoms with Crippen molar-refractivity contribution >= 4 is 5.71 Å². The molecule has 1 unspecified atom stereocenters. The van der Waals surface area contributed by atoms with E-state index in [0.29, 0.717) is 24.5 Å². The Morgan fingerprint density at radius 1 is 1.50 bits per heavy atom. The van der Waals surface area contributed by atoms with Crippen molar-refractivity contribution in [1.29, 1.82) is 0 Å². The van der Waals surface area contributed by atoms with Crippen LogP contribution < -0.4 is 0 Å². The van der Waals surface area contributed by atoms with Gasteiger partial charge in [-0.1, -0.05) is 5.16 Å². The Balaban J connectivity index is 2.99. The molecule has 0 fully saturated rings. The first-order valence-electron chi connectivity index (χ1n) is 4.95. The van der Waals surface area contributed by atoms with Crippen LogP contribution >= 0.6 is 0 Å². The quantitative estimate of drug-likeness (QED) is 0.537. The van der Waals surface area contributed by atoms with Crippen molar-refractivity contribution in [3.05, 3.63) is 11.3 Å². The molecule has 0 saturated carbocycles. The summed E-state index contributed by atoms with van der Waals surface area (Å²) in [4.78, 5) is 0. The molecule has 14 heavy (non-hydrogen) atoms. The van der Waals surface area contributed by atoms with E-state index in [1.54, 1.807) is 6.92 Å². The molecule has 1 rings (SSSR count). The van der Waals surface area contributed by atoms with Crippen LogP contribution in [-0.4, -0.2) is 28.7 Å². The summed E-state index contributed by atoms with van der Waals surface area (Å²) in [6.45, 7) is 4.09. The Bertz CT molecular complexity index is 256. The van der Waals surface area contributed by atoms with E-state index in [1.165, 1.54) is 0 Å². The molecular weight excluding hydrogens is 182 g/mol. The number of ether oxygens (including phenoxy) is 1. The van der Waals surface area contributed by atoms with Gasteiger partial charge in [-0.15, -0.1) is 0 Å². The van der Waals surface area contributed by atoms with Crippen LogP contribution in [0.25, 0.3) is 0 Å². The van der Waals surface area contributed by atoms with Gasteiger partial charge < -0.3 is 15.1 Å². The molecule has 0 heterocycles. The second-order valence-electron chi connectivity index (χ2n) is 3.36. The minimum Gasteiger partial charge on any atom is -0.492 e. The maximum Gasteiger partial charge on any atom is 0.145 e. The fourth-order valence-electron chi connectivity index (χ4n) is 1.67. The zero-order valence-electron chi connectivity index (χ0n) is 8.66. The van der Waals surface area contributed by atoms with Gasteiger partial charge in [0.1, 0.15) is 11.5 Å². The van der Waals surface area contributed by atoms with Crippen molar-refractivity contribution in [2.45, 2.75) is 39.2 Å². The lowest BCUT2D eigenvalue weighted by molar-refractivity contribution is 0.194. The fourth-order valence-corrected chi connectivity index (χ4v) is 1.67. The van der Waals surface area contributed by atoms with Crippen molar-refractivity contribution < 1.29 is 15.1 Å². The van der Waals surface area contributed by atoms with Gasteiger partial charge in [0.05, 0.1) is 12.7 Å². The number of aliphatic hydroxyl groups is 1. The van der Waals surface area contributed by atoms with Crippen LogP contribution in [0.1, 0.15) is 33.1 Å². The molecule has 4 heteroatoms. The molecule has 0 bridgehead atoms. The molecule has 1 atom stereocenters.